The third-order valence-corrected chi connectivity index (χ3v) is 1.50. The molecule has 0 N–H and O–H groups in total. The molecule has 0 saturated heterocycles. The Morgan fingerprint density at radius 3 is 2.70 bits per heavy atom. The van der Waals surface area contributed by atoms with Crippen LogP contribution in [-0.2, 0) is 0 Å². The number of rotatable bonds is 1. The van der Waals surface area contributed by atoms with Gasteiger partial charge in [0.15, 0.2) is 6.20 Å². The van der Waals surface area contributed by atoms with Crippen LogP contribution in [0.1, 0.15) is 0 Å². The van der Waals surface area contributed by atoms with E-state index in [2.05, 4.69) is 20.9 Å². The first-order valence-corrected chi connectivity index (χ1v) is 3.52. The maximum Gasteiger partial charge on any atom is 0.360 e. The third kappa shape index (κ3) is 1.60. The number of nitrogens with zero attached hydrogens (tertiary/aromatic N) is 2. The van der Waals surface area contributed by atoms with Crippen molar-refractivity contribution >= 4 is 21.7 Å². The molecule has 0 aliphatic heterocycles. The van der Waals surface area contributed by atoms with Crippen LogP contribution < -0.4 is 0 Å². The summed E-state index contributed by atoms with van der Waals surface area (Å²) in [5, 5.41) is 0. The fraction of sp³-hybridized carbons (Fsp3) is 0.167. The number of hydrogen-bond acceptors (Lipinski definition) is 2. The highest BCUT2D eigenvalue weighted by atomic mass is 79.9. The molecule has 1 heterocycles. The lowest BCUT2D eigenvalue weighted by Crippen LogP contribution is -1.92. The molecule has 0 atom stereocenters. The van der Waals surface area contributed by atoms with Crippen molar-refractivity contribution in [2.75, 3.05) is 7.05 Å². The molecule has 52 valence electrons. The molecule has 0 fully saturated rings. The van der Waals surface area contributed by atoms with Crippen LogP contribution in [0.4, 0.5) is 5.82 Å². The van der Waals surface area contributed by atoms with Gasteiger partial charge in [-0.3, -0.25) is 0 Å². The minimum atomic E-state index is 0.420. The Balaban J connectivity index is 3.00. The van der Waals surface area contributed by atoms with Gasteiger partial charge < -0.3 is 0 Å². The molecule has 0 aliphatic rings. The second-order valence-electron chi connectivity index (χ2n) is 1.83. The summed E-state index contributed by atoms with van der Waals surface area (Å²) in [4.78, 5) is 14.4. The molecule has 0 aliphatic carbocycles. The molecule has 0 unspecified atom stereocenters. The lowest BCUT2D eigenvalue weighted by atomic mass is 10.5. The molecule has 1 aromatic rings. The number of hydrogen-bond donors (Lipinski definition) is 0. The number of pyridine rings is 1. The predicted octanol–water partition coefficient (Wildman–Crippen LogP) is 1.88. The molecule has 0 aromatic carbocycles. The van der Waals surface area contributed by atoms with Crippen molar-refractivity contribution < 1.29 is 4.76 Å². The molecule has 1 aromatic heterocycles. The van der Waals surface area contributed by atoms with E-state index in [1.165, 1.54) is 7.05 Å². The molecule has 0 saturated carbocycles. The maximum atomic E-state index is 10.6. The largest absolute Gasteiger partial charge is 0.360 e. The maximum absolute atomic E-state index is 10.6. The SMILES string of the molecule is C[N+](=O)c1ccc(Br)cn1. The van der Waals surface area contributed by atoms with Crippen molar-refractivity contribution in [2.45, 2.75) is 0 Å². The number of aromatic nitrogens is 1. The summed E-state index contributed by atoms with van der Waals surface area (Å²) < 4.78 is 1.59. The summed E-state index contributed by atoms with van der Waals surface area (Å²) in [6, 6.07) is 3.42. The first-order chi connectivity index (χ1) is 4.70. The van der Waals surface area contributed by atoms with Gasteiger partial charge in [-0.05, 0) is 31.7 Å². The van der Waals surface area contributed by atoms with Crippen LogP contribution in [0, 0.1) is 4.91 Å². The summed E-state index contributed by atoms with van der Waals surface area (Å²) >= 11 is 3.21. The standard InChI is InChI=1S/C6H6BrN2O/c1-9(10)6-3-2-5(7)4-8-6/h2-4H,1H3/q+1. The van der Waals surface area contributed by atoms with E-state index in [9.17, 15) is 4.91 Å². The van der Waals surface area contributed by atoms with E-state index in [-0.39, 0.29) is 0 Å². The van der Waals surface area contributed by atoms with E-state index in [4.69, 9.17) is 0 Å². The minimum absolute atomic E-state index is 0.420. The molecular formula is C6H6BrN2O+. The van der Waals surface area contributed by atoms with Crippen LogP contribution in [-0.4, -0.2) is 16.8 Å². The van der Waals surface area contributed by atoms with Gasteiger partial charge in [0, 0.05) is 6.07 Å². The van der Waals surface area contributed by atoms with Gasteiger partial charge in [0.05, 0.1) is 4.47 Å². The lowest BCUT2D eigenvalue weighted by Gasteiger charge is -1.84. The normalized spacial score (nSPS) is 9.40. The zero-order chi connectivity index (χ0) is 7.56. The molecule has 0 bridgehead atoms. The fourth-order valence-electron chi connectivity index (χ4n) is 0.554. The molecule has 0 radical (unpaired) electrons. The molecule has 4 heteroatoms. The Labute approximate surface area is 66.8 Å². The smallest absolute Gasteiger partial charge is 0.0655 e. The quantitative estimate of drug-likeness (QED) is 0.651. The highest BCUT2D eigenvalue weighted by Gasteiger charge is 2.05. The van der Waals surface area contributed by atoms with E-state index >= 15 is 0 Å². The summed E-state index contributed by atoms with van der Waals surface area (Å²) in [5.74, 6) is 0.420. The monoisotopic (exact) mass is 201 g/mol. The van der Waals surface area contributed by atoms with Crippen molar-refractivity contribution in [3.63, 3.8) is 0 Å². The Kier molecular flexibility index (Phi) is 2.11. The first kappa shape index (κ1) is 7.34. The average Bonchev–Trinajstić information content (AvgIpc) is 1.88. The topological polar surface area (TPSA) is 33.0 Å². The van der Waals surface area contributed by atoms with E-state index in [0.717, 1.165) is 4.47 Å². The molecule has 10 heavy (non-hydrogen) atoms. The summed E-state index contributed by atoms with van der Waals surface area (Å²) in [6.45, 7) is 0. The Morgan fingerprint density at radius 2 is 2.30 bits per heavy atom. The highest BCUT2D eigenvalue weighted by Crippen LogP contribution is 2.11. The molecule has 3 nitrogen and oxygen atoms in total. The van der Waals surface area contributed by atoms with Crippen LogP contribution >= 0.6 is 15.9 Å². The van der Waals surface area contributed by atoms with Gasteiger partial charge in [0.2, 0.25) is 0 Å². The van der Waals surface area contributed by atoms with Gasteiger partial charge in [-0.25, -0.2) is 0 Å². The second kappa shape index (κ2) is 2.88. The summed E-state index contributed by atoms with van der Waals surface area (Å²) in [6.07, 6.45) is 1.59. The van der Waals surface area contributed by atoms with Crippen LogP contribution in [0.5, 0.6) is 0 Å². The van der Waals surface area contributed by atoms with Crippen LogP contribution in [0.25, 0.3) is 0 Å². The predicted molar refractivity (Wildman–Crippen MR) is 41.1 cm³/mol. The average molecular weight is 202 g/mol. The van der Waals surface area contributed by atoms with Gasteiger partial charge in [-0.2, -0.15) is 0 Å². The number of nitroso groups, excluding NO2 is 1. The van der Waals surface area contributed by atoms with E-state index in [1.807, 2.05) is 0 Å². The molecular weight excluding hydrogens is 196 g/mol. The van der Waals surface area contributed by atoms with Crippen LogP contribution in [0.3, 0.4) is 0 Å². The van der Waals surface area contributed by atoms with Crippen molar-refractivity contribution in [3.05, 3.63) is 27.7 Å². The molecule has 0 spiro atoms. The highest BCUT2D eigenvalue weighted by molar-refractivity contribution is 9.10. The fourth-order valence-corrected chi connectivity index (χ4v) is 0.789. The minimum Gasteiger partial charge on any atom is -0.0655 e. The second-order valence-corrected chi connectivity index (χ2v) is 2.75. The van der Waals surface area contributed by atoms with Gasteiger partial charge in [0.1, 0.15) is 7.05 Å². The van der Waals surface area contributed by atoms with E-state index in [0.29, 0.717) is 10.6 Å². The zero-order valence-corrected chi connectivity index (χ0v) is 7.00. The molecule has 0 amide bonds. The Bertz CT molecular complexity index is 244. The van der Waals surface area contributed by atoms with Gasteiger partial charge >= 0.3 is 5.82 Å². The van der Waals surface area contributed by atoms with Crippen molar-refractivity contribution in [3.8, 4) is 0 Å². The van der Waals surface area contributed by atoms with Crippen molar-refractivity contribution in [1.29, 1.82) is 0 Å². The van der Waals surface area contributed by atoms with E-state index in [1.54, 1.807) is 18.3 Å². The van der Waals surface area contributed by atoms with Crippen LogP contribution in [0.15, 0.2) is 22.8 Å². The lowest BCUT2D eigenvalue weighted by molar-refractivity contribution is -0.432. The van der Waals surface area contributed by atoms with E-state index < -0.39 is 0 Å². The van der Waals surface area contributed by atoms with Gasteiger partial charge in [0.25, 0.3) is 0 Å². The zero-order valence-electron chi connectivity index (χ0n) is 5.41. The molecule has 1 rings (SSSR count). The van der Waals surface area contributed by atoms with Crippen molar-refractivity contribution in [2.24, 2.45) is 0 Å². The Hall–Kier alpha value is -0.770. The van der Waals surface area contributed by atoms with Gasteiger partial charge in [-0.1, -0.05) is 4.91 Å². The van der Waals surface area contributed by atoms with Crippen LogP contribution in [0.2, 0.25) is 0 Å². The van der Waals surface area contributed by atoms with Gasteiger partial charge in [-0.15, -0.1) is 0 Å². The number of halogens is 1. The Morgan fingerprint density at radius 1 is 1.60 bits per heavy atom. The summed E-state index contributed by atoms with van der Waals surface area (Å²) in [7, 11) is 1.41. The first-order valence-electron chi connectivity index (χ1n) is 2.72. The summed E-state index contributed by atoms with van der Waals surface area (Å²) in [5.41, 5.74) is 0. The third-order valence-electron chi connectivity index (χ3n) is 1.03. The van der Waals surface area contributed by atoms with Crippen molar-refractivity contribution in [1.82, 2.24) is 4.98 Å².